The highest BCUT2D eigenvalue weighted by Gasteiger charge is 2.35. The Bertz CT molecular complexity index is 549. The lowest BCUT2D eigenvalue weighted by molar-refractivity contribution is 0.213. The van der Waals surface area contributed by atoms with Gasteiger partial charge in [0.25, 0.3) is 0 Å². The number of aliphatic hydroxyl groups is 1. The third-order valence-corrected chi connectivity index (χ3v) is 5.94. The molecule has 2 rings (SSSR count). The molecule has 18 heavy (non-hydrogen) atoms. The molecule has 1 saturated heterocycles. The Balaban J connectivity index is 2.45. The van der Waals surface area contributed by atoms with E-state index >= 15 is 0 Å². The van der Waals surface area contributed by atoms with E-state index in [-0.39, 0.29) is 22.6 Å². The molecular formula is C11H13BrClNO3S. The molecule has 0 aromatic heterocycles. The van der Waals surface area contributed by atoms with Gasteiger partial charge in [0.15, 0.2) is 0 Å². The van der Waals surface area contributed by atoms with Crippen molar-refractivity contribution in [1.82, 2.24) is 4.31 Å². The zero-order chi connectivity index (χ0) is 13.3. The molecule has 7 heteroatoms. The van der Waals surface area contributed by atoms with E-state index in [1.807, 2.05) is 0 Å². The summed E-state index contributed by atoms with van der Waals surface area (Å²) < 4.78 is 27.0. The van der Waals surface area contributed by atoms with Crippen LogP contribution in [-0.2, 0) is 10.0 Å². The maximum Gasteiger partial charge on any atom is 0.244 e. The van der Waals surface area contributed by atoms with Crippen molar-refractivity contribution in [2.45, 2.75) is 23.8 Å². The Morgan fingerprint density at radius 1 is 1.50 bits per heavy atom. The monoisotopic (exact) mass is 353 g/mol. The van der Waals surface area contributed by atoms with Gasteiger partial charge in [-0.05, 0) is 31.0 Å². The lowest BCUT2D eigenvalue weighted by Crippen LogP contribution is -2.37. The molecule has 0 saturated carbocycles. The number of nitrogens with zero attached hydrogens (tertiary/aromatic N) is 1. The summed E-state index contributed by atoms with van der Waals surface area (Å²) in [6, 6.07) is 4.38. The quantitative estimate of drug-likeness (QED) is 0.906. The average Bonchev–Trinajstić information content (AvgIpc) is 2.81. The first-order valence-corrected chi connectivity index (χ1v) is 8.15. The predicted octanol–water partition coefficient (Wildman–Crippen LogP) is 2.25. The molecule has 1 fully saturated rings. The van der Waals surface area contributed by atoms with E-state index in [0.29, 0.717) is 17.4 Å². The van der Waals surface area contributed by atoms with Crippen LogP contribution in [0.2, 0.25) is 5.02 Å². The van der Waals surface area contributed by atoms with E-state index in [1.165, 1.54) is 10.4 Å². The molecule has 0 aliphatic carbocycles. The van der Waals surface area contributed by atoms with Crippen molar-refractivity contribution < 1.29 is 13.5 Å². The fourth-order valence-electron chi connectivity index (χ4n) is 2.11. The molecule has 1 aliphatic rings. The maximum absolute atomic E-state index is 12.5. The van der Waals surface area contributed by atoms with Gasteiger partial charge < -0.3 is 5.11 Å². The third-order valence-electron chi connectivity index (χ3n) is 3.01. The molecule has 0 radical (unpaired) electrons. The fraction of sp³-hybridized carbons (Fsp3) is 0.455. The average molecular weight is 355 g/mol. The van der Waals surface area contributed by atoms with Crippen LogP contribution in [0.3, 0.4) is 0 Å². The molecule has 1 heterocycles. The molecular weight excluding hydrogens is 342 g/mol. The second-order valence-electron chi connectivity index (χ2n) is 4.17. The van der Waals surface area contributed by atoms with Crippen LogP contribution in [0.1, 0.15) is 12.8 Å². The molecule has 1 atom stereocenters. The van der Waals surface area contributed by atoms with Crippen molar-refractivity contribution in [3.63, 3.8) is 0 Å². The topological polar surface area (TPSA) is 57.6 Å². The molecule has 100 valence electrons. The van der Waals surface area contributed by atoms with E-state index < -0.39 is 10.0 Å². The van der Waals surface area contributed by atoms with E-state index in [0.717, 1.165) is 6.42 Å². The SMILES string of the molecule is O=S(=O)(c1cc(Br)ccc1Cl)N1CCC[C@@H]1CO. The number of sulfonamides is 1. The van der Waals surface area contributed by atoms with Crippen molar-refractivity contribution in [3.05, 3.63) is 27.7 Å². The minimum Gasteiger partial charge on any atom is -0.395 e. The summed E-state index contributed by atoms with van der Waals surface area (Å²) in [6.07, 6.45) is 1.44. The van der Waals surface area contributed by atoms with Crippen molar-refractivity contribution in [3.8, 4) is 0 Å². The van der Waals surface area contributed by atoms with E-state index in [2.05, 4.69) is 15.9 Å². The Morgan fingerprint density at radius 2 is 2.22 bits per heavy atom. The van der Waals surface area contributed by atoms with Crippen LogP contribution in [0.25, 0.3) is 0 Å². The van der Waals surface area contributed by atoms with Crippen LogP contribution < -0.4 is 0 Å². The first-order chi connectivity index (χ1) is 8.46. The van der Waals surface area contributed by atoms with Gasteiger partial charge in [0.2, 0.25) is 10.0 Å². The standard InChI is InChI=1S/C11H13BrClNO3S/c12-8-3-4-10(13)11(6-8)18(16,17)14-5-1-2-9(14)7-15/h3-4,6,9,15H,1-2,5,7H2/t9-/m1/s1. The normalized spacial score (nSPS) is 21.4. The minimum atomic E-state index is -3.64. The van der Waals surface area contributed by atoms with Crippen LogP contribution in [0.4, 0.5) is 0 Å². The number of benzene rings is 1. The summed E-state index contributed by atoms with van der Waals surface area (Å²) in [5, 5.41) is 9.42. The summed E-state index contributed by atoms with van der Waals surface area (Å²) in [5.74, 6) is 0. The van der Waals surface area contributed by atoms with Gasteiger partial charge in [0, 0.05) is 17.1 Å². The van der Waals surface area contributed by atoms with E-state index in [4.69, 9.17) is 11.6 Å². The van der Waals surface area contributed by atoms with Crippen molar-refractivity contribution >= 4 is 37.6 Å². The molecule has 1 aromatic carbocycles. The molecule has 1 aromatic rings. The fourth-order valence-corrected chi connectivity index (χ4v) is 4.81. The second kappa shape index (κ2) is 5.46. The molecule has 0 bridgehead atoms. The highest BCUT2D eigenvalue weighted by molar-refractivity contribution is 9.10. The molecule has 0 spiro atoms. The van der Waals surface area contributed by atoms with Gasteiger partial charge in [-0.1, -0.05) is 27.5 Å². The van der Waals surface area contributed by atoms with Crippen molar-refractivity contribution in [2.75, 3.05) is 13.2 Å². The van der Waals surface area contributed by atoms with Crippen LogP contribution in [0.15, 0.2) is 27.6 Å². The van der Waals surface area contributed by atoms with Gasteiger partial charge in [0.05, 0.1) is 11.6 Å². The molecule has 0 unspecified atom stereocenters. The smallest absolute Gasteiger partial charge is 0.244 e. The second-order valence-corrected chi connectivity index (χ2v) is 7.35. The Morgan fingerprint density at radius 3 is 2.89 bits per heavy atom. The molecule has 1 aliphatic heterocycles. The van der Waals surface area contributed by atoms with Gasteiger partial charge in [-0.15, -0.1) is 0 Å². The third kappa shape index (κ3) is 2.58. The predicted molar refractivity (Wildman–Crippen MR) is 73.2 cm³/mol. The Hall–Kier alpha value is -0.140. The van der Waals surface area contributed by atoms with Crippen LogP contribution >= 0.6 is 27.5 Å². The van der Waals surface area contributed by atoms with E-state index in [1.54, 1.807) is 12.1 Å². The summed E-state index contributed by atoms with van der Waals surface area (Å²) >= 11 is 9.20. The lowest BCUT2D eigenvalue weighted by atomic mass is 10.2. The van der Waals surface area contributed by atoms with Crippen LogP contribution in [0, 0.1) is 0 Å². The number of rotatable bonds is 3. The summed E-state index contributed by atoms with van der Waals surface area (Å²) in [6.45, 7) is 0.265. The van der Waals surface area contributed by atoms with Crippen molar-refractivity contribution in [2.24, 2.45) is 0 Å². The minimum absolute atomic E-state index is 0.0823. The maximum atomic E-state index is 12.5. The molecule has 0 amide bonds. The Kier molecular flexibility index (Phi) is 4.33. The number of halogens is 2. The van der Waals surface area contributed by atoms with Crippen molar-refractivity contribution in [1.29, 1.82) is 0 Å². The highest BCUT2D eigenvalue weighted by atomic mass is 79.9. The van der Waals surface area contributed by atoms with Gasteiger partial charge in [-0.2, -0.15) is 4.31 Å². The van der Waals surface area contributed by atoms with Gasteiger partial charge in [-0.3, -0.25) is 0 Å². The van der Waals surface area contributed by atoms with Gasteiger partial charge in [-0.25, -0.2) is 8.42 Å². The first-order valence-electron chi connectivity index (χ1n) is 5.54. The lowest BCUT2D eigenvalue weighted by Gasteiger charge is -2.23. The Labute approximate surface area is 120 Å². The van der Waals surface area contributed by atoms with Gasteiger partial charge >= 0.3 is 0 Å². The summed E-state index contributed by atoms with van der Waals surface area (Å²) in [7, 11) is -3.64. The zero-order valence-electron chi connectivity index (χ0n) is 9.51. The van der Waals surface area contributed by atoms with Crippen LogP contribution in [0.5, 0.6) is 0 Å². The number of hydrogen-bond acceptors (Lipinski definition) is 3. The zero-order valence-corrected chi connectivity index (χ0v) is 12.7. The number of hydrogen-bond donors (Lipinski definition) is 1. The number of aliphatic hydroxyl groups excluding tert-OH is 1. The summed E-state index contributed by atoms with van der Waals surface area (Å²) in [5.41, 5.74) is 0. The molecule has 1 N–H and O–H groups in total. The van der Waals surface area contributed by atoms with Crippen LogP contribution in [-0.4, -0.2) is 37.0 Å². The first kappa shape index (κ1) is 14.3. The largest absolute Gasteiger partial charge is 0.395 e. The highest BCUT2D eigenvalue weighted by Crippen LogP contribution is 2.31. The summed E-state index contributed by atoms with van der Waals surface area (Å²) in [4.78, 5) is 0.0823. The van der Waals surface area contributed by atoms with Gasteiger partial charge in [0.1, 0.15) is 4.90 Å². The molecule has 4 nitrogen and oxygen atoms in total. The van der Waals surface area contributed by atoms with E-state index in [9.17, 15) is 13.5 Å².